The van der Waals surface area contributed by atoms with E-state index in [2.05, 4.69) is 28.8 Å². The molecule has 2 N–H and O–H groups in total. The summed E-state index contributed by atoms with van der Waals surface area (Å²) in [5.41, 5.74) is 6.40. The molecule has 0 saturated carbocycles. The number of anilines is 1. The lowest BCUT2D eigenvalue weighted by molar-refractivity contribution is 0.856. The topological polar surface area (TPSA) is 64.7 Å². The molecule has 2 aromatic rings. The fraction of sp³-hybridized carbons (Fsp3) is 0.375. The number of thiazole rings is 1. The van der Waals surface area contributed by atoms with Gasteiger partial charge in [-0.3, -0.25) is 0 Å². The number of aromatic nitrogens is 3. The number of nitrogens with two attached hydrogens (primary N) is 1. The summed E-state index contributed by atoms with van der Waals surface area (Å²) in [5, 5.41) is 1.06. The maximum absolute atomic E-state index is 5.66. The molecule has 0 amide bonds. The molecule has 5 heteroatoms. The summed E-state index contributed by atoms with van der Waals surface area (Å²) in [5.74, 6) is 0.881. The maximum atomic E-state index is 5.66. The molecule has 0 radical (unpaired) electrons. The molecule has 0 aliphatic carbocycles. The first kappa shape index (κ1) is 8.37. The van der Waals surface area contributed by atoms with Crippen molar-refractivity contribution in [2.75, 3.05) is 5.73 Å². The van der Waals surface area contributed by atoms with Crippen molar-refractivity contribution in [3.8, 4) is 0 Å². The Labute approximate surface area is 79.8 Å². The normalized spacial score (nSPS) is 11.3. The summed E-state index contributed by atoms with van der Waals surface area (Å²) in [7, 11) is 0. The number of nitrogens with zero attached hydrogens (tertiary/aromatic N) is 3. The fourth-order valence-corrected chi connectivity index (χ4v) is 1.95. The van der Waals surface area contributed by atoms with Gasteiger partial charge in [0.2, 0.25) is 0 Å². The van der Waals surface area contributed by atoms with Crippen LogP contribution in [0.4, 0.5) is 5.82 Å². The van der Waals surface area contributed by atoms with Gasteiger partial charge in [0.15, 0.2) is 5.82 Å². The SMILES string of the molecule is CC(C)c1nc2c(N)ncnc2s1. The average Bonchev–Trinajstić information content (AvgIpc) is 2.49. The van der Waals surface area contributed by atoms with Gasteiger partial charge in [-0.2, -0.15) is 0 Å². The Hall–Kier alpha value is -1.23. The molecule has 2 rings (SSSR count). The van der Waals surface area contributed by atoms with E-state index in [4.69, 9.17) is 5.73 Å². The third-order valence-electron chi connectivity index (χ3n) is 1.73. The van der Waals surface area contributed by atoms with Crippen LogP contribution >= 0.6 is 11.3 Å². The Morgan fingerprint density at radius 1 is 1.38 bits per heavy atom. The van der Waals surface area contributed by atoms with E-state index < -0.39 is 0 Å². The van der Waals surface area contributed by atoms with E-state index in [9.17, 15) is 0 Å². The van der Waals surface area contributed by atoms with Gasteiger partial charge in [-0.25, -0.2) is 15.0 Å². The summed E-state index contributed by atoms with van der Waals surface area (Å²) in [4.78, 5) is 13.3. The molecule has 13 heavy (non-hydrogen) atoms. The first-order chi connectivity index (χ1) is 6.18. The highest BCUT2D eigenvalue weighted by molar-refractivity contribution is 7.18. The maximum Gasteiger partial charge on any atom is 0.154 e. The summed E-state index contributed by atoms with van der Waals surface area (Å²) < 4.78 is 0. The van der Waals surface area contributed by atoms with Gasteiger partial charge in [0.05, 0.1) is 5.01 Å². The van der Waals surface area contributed by atoms with Crippen LogP contribution in [0.25, 0.3) is 10.3 Å². The van der Waals surface area contributed by atoms with Crippen LogP contribution in [0.3, 0.4) is 0 Å². The minimum absolute atomic E-state index is 0.415. The standard InChI is InChI=1S/C8H10N4S/c1-4(2)7-12-5-6(9)10-3-11-8(5)13-7/h3-4H,1-2H3,(H2,9,10,11). The Balaban J connectivity index is 2.68. The number of rotatable bonds is 1. The fourth-order valence-electron chi connectivity index (χ4n) is 1.03. The molecule has 0 unspecified atom stereocenters. The predicted octanol–water partition coefficient (Wildman–Crippen LogP) is 1.79. The molecule has 68 valence electrons. The molecule has 0 bridgehead atoms. The van der Waals surface area contributed by atoms with Gasteiger partial charge >= 0.3 is 0 Å². The quantitative estimate of drug-likeness (QED) is 0.751. The number of fused-ring (bicyclic) bond motifs is 1. The van der Waals surface area contributed by atoms with Crippen LogP contribution < -0.4 is 5.73 Å². The number of hydrogen-bond acceptors (Lipinski definition) is 5. The molecular weight excluding hydrogens is 184 g/mol. The molecule has 0 aromatic carbocycles. The Morgan fingerprint density at radius 3 is 2.77 bits per heavy atom. The van der Waals surface area contributed by atoms with Gasteiger partial charge in [-0.05, 0) is 0 Å². The van der Waals surface area contributed by atoms with Crippen molar-refractivity contribution in [3.05, 3.63) is 11.3 Å². The third kappa shape index (κ3) is 1.35. The van der Waals surface area contributed by atoms with Crippen LogP contribution in [0.5, 0.6) is 0 Å². The molecule has 0 aliphatic rings. The molecule has 0 spiro atoms. The zero-order valence-electron chi connectivity index (χ0n) is 7.48. The minimum Gasteiger partial charge on any atom is -0.382 e. The smallest absolute Gasteiger partial charge is 0.154 e. The zero-order chi connectivity index (χ0) is 9.42. The molecule has 2 heterocycles. The Morgan fingerprint density at radius 2 is 2.15 bits per heavy atom. The van der Waals surface area contributed by atoms with Crippen molar-refractivity contribution in [2.24, 2.45) is 0 Å². The van der Waals surface area contributed by atoms with Gasteiger partial charge < -0.3 is 5.73 Å². The van der Waals surface area contributed by atoms with Crippen molar-refractivity contribution < 1.29 is 0 Å². The molecule has 0 atom stereocenters. The Kier molecular flexibility index (Phi) is 1.88. The lowest BCUT2D eigenvalue weighted by atomic mass is 10.2. The van der Waals surface area contributed by atoms with E-state index in [-0.39, 0.29) is 0 Å². The second-order valence-corrected chi connectivity index (χ2v) is 4.13. The van der Waals surface area contributed by atoms with Crippen molar-refractivity contribution in [1.29, 1.82) is 0 Å². The summed E-state index contributed by atoms with van der Waals surface area (Å²) >= 11 is 1.58. The highest BCUT2D eigenvalue weighted by Crippen LogP contribution is 2.27. The second-order valence-electron chi connectivity index (χ2n) is 3.12. The monoisotopic (exact) mass is 194 g/mol. The van der Waals surface area contributed by atoms with Crippen molar-refractivity contribution >= 4 is 27.5 Å². The van der Waals surface area contributed by atoms with E-state index in [0.29, 0.717) is 11.7 Å². The molecule has 0 fully saturated rings. The van der Waals surface area contributed by atoms with Gasteiger partial charge in [-0.1, -0.05) is 25.2 Å². The summed E-state index contributed by atoms with van der Waals surface area (Å²) in [6.45, 7) is 4.20. The highest BCUT2D eigenvalue weighted by atomic mass is 32.1. The lowest BCUT2D eigenvalue weighted by Crippen LogP contribution is -1.92. The van der Waals surface area contributed by atoms with E-state index in [1.165, 1.54) is 6.33 Å². The second kappa shape index (κ2) is 2.92. The number of hydrogen-bond donors (Lipinski definition) is 1. The predicted molar refractivity (Wildman–Crippen MR) is 53.7 cm³/mol. The van der Waals surface area contributed by atoms with Crippen molar-refractivity contribution in [2.45, 2.75) is 19.8 Å². The van der Waals surface area contributed by atoms with Gasteiger partial charge in [0.25, 0.3) is 0 Å². The van der Waals surface area contributed by atoms with E-state index in [0.717, 1.165) is 15.4 Å². The van der Waals surface area contributed by atoms with Crippen molar-refractivity contribution in [3.63, 3.8) is 0 Å². The first-order valence-corrected chi connectivity index (χ1v) is 4.87. The van der Waals surface area contributed by atoms with Crippen LogP contribution in [0.1, 0.15) is 24.8 Å². The molecule has 0 saturated heterocycles. The van der Waals surface area contributed by atoms with Gasteiger partial charge in [0, 0.05) is 5.92 Å². The zero-order valence-corrected chi connectivity index (χ0v) is 8.30. The molecule has 4 nitrogen and oxygen atoms in total. The Bertz CT molecular complexity index is 435. The van der Waals surface area contributed by atoms with Gasteiger partial charge in [0.1, 0.15) is 16.7 Å². The van der Waals surface area contributed by atoms with E-state index in [1.807, 2.05) is 0 Å². The minimum atomic E-state index is 0.415. The first-order valence-electron chi connectivity index (χ1n) is 4.05. The van der Waals surface area contributed by atoms with Gasteiger partial charge in [-0.15, -0.1) is 0 Å². The molecule has 0 aliphatic heterocycles. The highest BCUT2D eigenvalue weighted by Gasteiger charge is 2.10. The van der Waals surface area contributed by atoms with E-state index >= 15 is 0 Å². The third-order valence-corrected chi connectivity index (χ3v) is 3.00. The van der Waals surface area contributed by atoms with Crippen LogP contribution in [-0.2, 0) is 0 Å². The van der Waals surface area contributed by atoms with Crippen LogP contribution in [0.15, 0.2) is 6.33 Å². The largest absolute Gasteiger partial charge is 0.382 e. The number of nitrogen functional groups attached to an aromatic ring is 1. The summed E-state index contributed by atoms with van der Waals surface area (Å²) in [6.07, 6.45) is 1.47. The molecule has 2 aromatic heterocycles. The summed E-state index contributed by atoms with van der Waals surface area (Å²) in [6, 6.07) is 0. The van der Waals surface area contributed by atoms with Crippen LogP contribution in [0, 0.1) is 0 Å². The average molecular weight is 194 g/mol. The molecular formula is C8H10N4S. The van der Waals surface area contributed by atoms with Crippen LogP contribution in [0.2, 0.25) is 0 Å². The van der Waals surface area contributed by atoms with Crippen LogP contribution in [-0.4, -0.2) is 15.0 Å². The van der Waals surface area contributed by atoms with E-state index in [1.54, 1.807) is 11.3 Å². The lowest BCUT2D eigenvalue weighted by Gasteiger charge is -1.94. The van der Waals surface area contributed by atoms with Crippen molar-refractivity contribution in [1.82, 2.24) is 15.0 Å².